The third kappa shape index (κ3) is 10.8. The zero-order chi connectivity index (χ0) is 46.1. The number of rotatable bonds is 19. The van der Waals surface area contributed by atoms with Gasteiger partial charge in [0.25, 0.3) is 5.91 Å². The number of ether oxygens (including phenoxy) is 3. The lowest BCUT2D eigenvalue weighted by Crippen LogP contribution is -2.70. The van der Waals surface area contributed by atoms with Gasteiger partial charge in [0.05, 0.1) is 35.6 Å². The molecular formula is C53H61FN4O7. The first-order valence-corrected chi connectivity index (χ1v) is 22.8. The number of allylic oxidation sites excluding steroid dienone is 1. The lowest BCUT2D eigenvalue weighted by molar-refractivity contribution is -0.255. The van der Waals surface area contributed by atoms with Crippen LogP contribution in [0.2, 0.25) is 0 Å². The predicted octanol–water partition coefficient (Wildman–Crippen LogP) is 9.75. The van der Waals surface area contributed by atoms with Crippen molar-refractivity contribution in [1.82, 2.24) is 9.88 Å². The highest BCUT2D eigenvalue weighted by atomic mass is 19.1. The molecule has 1 aliphatic heterocycles. The number of hydrogen-bond donors (Lipinski definition) is 2. The molecular weight excluding hydrogens is 824 g/mol. The van der Waals surface area contributed by atoms with Crippen molar-refractivity contribution in [2.24, 2.45) is 22.9 Å². The molecule has 0 spiro atoms. The zero-order valence-electron chi connectivity index (χ0n) is 37.9. The van der Waals surface area contributed by atoms with Crippen molar-refractivity contribution in [3.8, 4) is 17.6 Å². The molecule has 342 valence electrons. The van der Waals surface area contributed by atoms with Crippen LogP contribution < -0.4 is 9.47 Å². The van der Waals surface area contributed by atoms with Crippen LogP contribution in [0.5, 0.6) is 11.5 Å². The molecule has 11 nitrogen and oxygen atoms in total. The van der Waals surface area contributed by atoms with Crippen molar-refractivity contribution in [1.29, 1.82) is 5.26 Å². The fourth-order valence-corrected chi connectivity index (χ4v) is 9.73. The van der Waals surface area contributed by atoms with E-state index in [2.05, 4.69) is 29.8 Å². The van der Waals surface area contributed by atoms with E-state index in [4.69, 9.17) is 24.2 Å². The largest absolute Gasteiger partial charge is 0.487 e. The Balaban J connectivity index is 1.47. The molecule has 6 atom stereocenters. The molecule has 1 saturated carbocycles. The second kappa shape index (κ2) is 21.0. The maximum Gasteiger partial charge on any atom is 0.254 e. The highest BCUT2D eigenvalue weighted by molar-refractivity contribution is 6.03. The Bertz CT molecular complexity index is 2390. The van der Waals surface area contributed by atoms with Crippen LogP contribution in [0.1, 0.15) is 110 Å². The van der Waals surface area contributed by atoms with Crippen LogP contribution in [0.15, 0.2) is 114 Å². The van der Waals surface area contributed by atoms with E-state index in [1.165, 1.54) is 12.1 Å². The Morgan fingerprint density at radius 2 is 1.77 bits per heavy atom. The molecule has 0 unspecified atom stereocenters. The second-order valence-corrected chi connectivity index (χ2v) is 18.3. The molecule has 0 bridgehead atoms. The van der Waals surface area contributed by atoms with Crippen LogP contribution in [-0.2, 0) is 22.7 Å². The predicted molar refractivity (Wildman–Crippen MR) is 247 cm³/mol. The maximum atomic E-state index is 15.3. The van der Waals surface area contributed by atoms with Crippen molar-refractivity contribution in [2.45, 2.75) is 109 Å². The van der Waals surface area contributed by atoms with Gasteiger partial charge in [-0.2, -0.15) is 5.26 Å². The highest BCUT2D eigenvalue weighted by Gasteiger charge is 2.65. The molecule has 1 fully saturated rings. The fourth-order valence-electron chi connectivity index (χ4n) is 9.73. The van der Waals surface area contributed by atoms with Gasteiger partial charge in [-0.3, -0.25) is 9.78 Å². The van der Waals surface area contributed by atoms with Gasteiger partial charge in [0.2, 0.25) is 5.79 Å². The number of fused-ring (bicyclic) bond motifs is 2. The topological polar surface area (TPSA) is 147 Å². The van der Waals surface area contributed by atoms with E-state index < -0.39 is 29.2 Å². The first kappa shape index (κ1) is 47.1. The van der Waals surface area contributed by atoms with Gasteiger partial charge >= 0.3 is 0 Å². The van der Waals surface area contributed by atoms with Crippen molar-refractivity contribution < 1.29 is 38.4 Å². The summed E-state index contributed by atoms with van der Waals surface area (Å²) in [4.78, 5) is 28.0. The number of amides is 1. The molecule has 65 heavy (non-hydrogen) atoms. The van der Waals surface area contributed by atoms with E-state index in [9.17, 15) is 19.9 Å². The normalized spacial score (nSPS) is 22.7. The van der Waals surface area contributed by atoms with Gasteiger partial charge in [-0.15, -0.1) is 6.58 Å². The van der Waals surface area contributed by atoms with Gasteiger partial charge in [0, 0.05) is 48.9 Å². The molecule has 12 heteroatoms. The Kier molecular flexibility index (Phi) is 15.2. The number of hydrogen-bond acceptors (Lipinski definition) is 10. The summed E-state index contributed by atoms with van der Waals surface area (Å²) >= 11 is 0. The maximum absolute atomic E-state index is 15.3. The minimum Gasteiger partial charge on any atom is -0.487 e. The number of aryl methyl sites for hydroxylation is 1. The molecule has 1 amide bonds. The number of aromatic nitrogens is 1. The highest BCUT2D eigenvalue weighted by Crippen LogP contribution is 2.62. The minimum atomic E-state index is -1.53. The standard InChI is InChI=1S/C53H61FN4O7/c1-6-28-63-53-48(58(33-37-18-22-40(54)23-19-37)51(61)38-20-16-36(32-55)17-21-38)31-46(57-65-52(3,4)5)44-29-39(13-7-9-26-59)43(15-8-10-27-60)49(50(44)53)45-30-42(24-25-47(45)64-53)62-34-41-14-11-12-35(2)56-41/h6,11-12,14,16-25,29-30,39,43,48-50,59-60H,1,7-10,13,15,26-28,31,33-34H2,2-5H3/t39-,43+,48-,49+,50+,53+/m0/s1. The van der Waals surface area contributed by atoms with Crippen LogP contribution in [0.25, 0.3) is 0 Å². The fraction of sp³-hybridized carbons (Fsp3) is 0.434. The van der Waals surface area contributed by atoms with Gasteiger partial charge in [-0.25, -0.2) is 4.39 Å². The molecule has 2 N–H and O–H groups in total. The number of oxime groups is 1. The average Bonchev–Trinajstić information content (AvgIpc) is 3.30. The molecule has 2 heterocycles. The average molecular weight is 885 g/mol. The number of halogens is 1. The lowest BCUT2D eigenvalue weighted by atomic mass is 9.55. The van der Waals surface area contributed by atoms with Crippen molar-refractivity contribution >= 4 is 11.6 Å². The van der Waals surface area contributed by atoms with Gasteiger partial charge < -0.3 is 34.2 Å². The minimum absolute atomic E-state index is 0.000323. The summed E-state index contributed by atoms with van der Waals surface area (Å²) in [6.45, 7) is 12.4. The van der Waals surface area contributed by atoms with Crippen molar-refractivity contribution in [3.05, 3.63) is 149 Å². The number of benzene rings is 3. The van der Waals surface area contributed by atoms with E-state index in [1.807, 2.05) is 58.0 Å². The van der Waals surface area contributed by atoms with Crippen LogP contribution >= 0.6 is 0 Å². The number of nitrogens with zero attached hydrogens (tertiary/aromatic N) is 4. The summed E-state index contributed by atoms with van der Waals surface area (Å²) in [7, 11) is 0. The first-order chi connectivity index (χ1) is 31.4. The molecule has 4 aromatic rings. The van der Waals surface area contributed by atoms with Crippen molar-refractivity contribution in [3.63, 3.8) is 0 Å². The lowest BCUT2D eigenvalue weighted by Gasteiger charge is -2.60. The first-order valence-electron chi connectivity index (χ1n) is 22.8. The number of aliphatic hydroxyl groups is 2. The molecule has 2 aliphatic carbocycles. The van der Waals surface area contributed by atoms with Crippen LogP contribution in [0, 0.1) is 41.8 Å². The van der Waals surface area contributed by atoms with Gasteiger partial charge in [0.1, 0.15) is 35.6 Å². The van der Waals surface area contributed by atoms with Gasteiger partial charge in [-0.1, -0.05) is 48.3 Å². The smallest absolute Gasteiger partial charge is 0.254 e. The summed E-state index contributed by atoms with van der Waals surface area (Å²) in [5.74, 6) is -1.84. The summed E-state index contributed by atoms with van der Waals surface area (Å²) in [6, 6.07) is 25.6. The van der Waals surface area contributed by atoms with E-state index in [0.29, 0.717) is 46.7 Å². The molecule has 1 aromatic heterocycles. The third-order valence-corrected chi connectivity index (χ3v) is 12.6. The number of carbonyl (C=O) groups excluding carboxylic acids is 1. The third-order valence-electron chi connectivity index (χ3n) is 12.6. The van der Waals surface area contributed by atoms with E-state index in [-0.39, 0.29) is 63.1 Å². The quantitative estimate of drug-likeness (QED) is 0.0534. The number of pyridine rings is 1. The molecule has 0 saturated heterocycles. The summed E-state index contributed by atoms with van der Waals surface area (Å²) in [5, 5.41) is 34.6. The number of unbranched alkanes of at least 4 members (excludes halogenated alkanes) is 2. The summed E-state index contributed by atoms with van der Waals surface area (Å²) < 4.78 is 35.5. The van der Waals surface area contributed by atoms with E-state index in [0.717, 1.165) is 48.2 Å². The molecule has 3 aliphatic rings. The Labute approximate surface area is 382 Å². The molecule has 3 aromatic carbocycles. The van der Waals surface area contributed by atoms with Gasteiger partial charge in [-0.05, 0) is 143 Å². The molecule has 0 radical (unpaired) electrons. The molecule has 7 rings (SSSR count). The Morgan fingerprint density at radius 3 is 2.45 bits per heavy atom. The van der Waals surface area contributed by atoms with Gasteiger partial charge in [0.15, 0.2) is 0 Å². The van der Waals surface area contributed by atoms with E-state index in [1.54, 1.807) is 47.4 Å². The SMILES string of the molecule is C=CCO[C@@]12Oc3ccc(OCc4cccc(C)n4)cc3[C@H]3[C@H](CCCCO)[C@@H](CCCCO)C=C(C(=NOC(C)(C)C)C[C@@H]1N(Cc1ccc(F)cc1)C(=O)c1ccc(C#N)cc1)[C@H]32. The Hall–Kier alpha value is -5.87. The number of aliphatic hydroxyl groups excluding tert-OH is 2. The van der Waals surface area contributed by atoms with Crippen LogP contribution in [-0.4, -0.2) is 69.0 Å². The van der Waals surface area contributed by atoms with Crippen LogP contribution in [0.3, 0.4) is 0 Å². The second-order valence-electron chi connectivity index (χ2n) is 18.3. The number of nitriles is 1. The number of carbonyl (C=O) groups is 1. The van der Waals surface area contributed by atoms with E-state index >= 15 is 4.79 Å². The summed E-state index contributed by atoms with van der Waals surface area (Å²) in [6.07, 6.45) is 8.56. The monoisotopic (exact) mass is 884 g/mol. The summed E-state index contributed by atoms with van der Waals surface area (Å²) in [5.41, 5.74) is 4.97. The zero-order valence-corrected chi connectivity index (χ0v) is 37.9. The Morgan fingerprint density at radius 1 is 1.03 bits per heavy atom. The van der Waals surface area contributed by atoms with Crippen molar-refractivity contribution in [2.75, 3.05) is 19.8 Å². The van der Waals surface area contributed by atoms with Crippen LogP contribution in [0.4, 0.5) is 4.39 Å².